The number of anilines is 1. The Morgan fingerprint density at radius 2 is 1.69 bits per heavy atom. The highest BCUT2D eigenvalue weighted by molar-refractivity contribution is 5.96. The van der Waals surface area contributed by atoms with Crippen LogP contribution in [0.1, 0.15) is 105 Å². The summed E-state index contributed by atoms with van der Waals surface area (Å²) in [6.07, 6.45) is 2.32. The van der Waals surface area contributed by atoms with Gasteiger partial charge in [-0.1, -0.05) is 73.8 Å². The second-order valence-electron chi connectivity index (χ2n) is 11.6. The zero-order valence-corrected chi connectivity index (χ0v) is 25.2. The molecule has 3 atom stereocenters. The number of alkyl halides is 3. The van der Waals surface area contributed by atoms with Gasteiger partial charge in [0, 0.05) is 11.8 Å². The van der Waals surface area contributed by atoms with Gasteiger partial charge in [0.2, 0.25) is 5.95 Å². The van der Waals surface area contributed by atoms with Crippen molar-refractivity contribution in [1.82, 2.24) is 19.6 Å². The van der Waals surface area contributed by atoms with Crippen molar-refractivity contribution in [1.29, 1.82) is 0 Å². The number of aromatic nitrogens is 4. The molecule has 0 aliphatic rings. The normalized spacial score (nSPS) is 15.2. The number of rotatable bonds is 12. The number of ether oxygens (including phenoxy) is 1. The number of nitrogens with zero attached hydrogens (tertiary/aromatic N) is 4. The summed E-state index contributed by atoms with van der Waals surface area (Å²) < 4.78 is 49.2. The molecule has 9 heteroatoms. The average molecular weight is 552 g/mol. The van der Waals surface area contributed by atoms with E-state index in [2.05, 4.69) is 49.7 Å². The van der Waals surface area contributed by atoms with Gasteiger partial charge in [0.15, 0.2) is 17.2 Å². The van der Waals surface area contributed by atoms with Crippen LogP contribution in [0.4, 0.5) is 19.1 Å². The third kappa shape index (κ3) is 8.70. The van der Waals surface area contributed by atoms with Gasteiger partial charge in [-0.15, -0.1) is 5.10 Å². The number of halogens is 3. The highest BCUT2D eigenvalue weighted by atomic mass is 19.3. The zero-order chi connectivity index (χ0) is 29.5. The van der Waals surface area contributed by atoms with Gasteiger partial charge in [0.25, 0.3) is 0 Å². The summed E-state index contributed by atoms with van der Waals surface area (Å²) in [6.45, 7) is 17.1. The topological polar surface area (TPSA) is 78.3 Å². The maximum Gasteiger partial charge on any atom is 0.400 e. The van der Waals surface area contributed by atoms with E-state index in [0.29, 0.717) is 47.1 Å². The quantitative estimate of drug-likeness (QED) is 0.243. The van der Waals surface area contributed by atoms with Crippen LogP contribution < -0.4 is 10.5 Å². The van der Waals surface area contributed by atoms with E-state index in [1.54, 1.807) is 32.9 Å². The van der Waals surface area contributed by atoms with Crippen LogP contribution in [0.25, 0.3) is 16.6 Å². The minimum atomic E-state index is -3.31. The van der Waals surface area contributed by atoms with E-state index < -0.39 is 17.7 Å². The van der Waals surface area contributed by atoms with Crippen molar-refractivity contribution in [3.63, 3.8) is 0 Å². The van der Waals surface area contributed by atoms with Crippen LogP contribution in [0.15, 0.2) is 12.1 Å². The highest BCUT2D eigenvalue weighted by Crippen LogP contribution is 2.37. The number of unbranched alkanes of at least 4 members (excludes halogenated alkanes) is 1. The molecule has 0 bridgehead atoms. The van der Waals surface area contributed by atoms with Crippen molar-refractivity contribution in [3.05, 3.63) is 23.5 Å². The molecule has 3 aromatic rings. The molecule has 0 aliphatic carbocycles. The minimum Gasteiger partial charge on any atom is -0.430 e. The summed E-state index contributed by atoms with van der Waals surface area (Å²) >= 11 is 0. The molecule has 1 aromatic carbocycles. The van der Waals surface area contributed by atoms with Crippen LogP contribution in [0.2, 0.25) is 0 Å². The van der Waals surface area contributed by atoms with Crippen LogP contribution in [-0.4, -0.2) is 31.4 Å². The predicted molar refractivity (Wildman–Crippen MR) is 154 cm³/mol. The first-order valence-electron chi connectivity index (χ1n) is 14.4. The summed E-state index contributed by atoms with van der Waals surface area (Å²) in [5.41, 5.74) is 6.44. The molecule has 0 spiro atoms. The molecule has 2 aromatic heterocycles. The summed E-state index contributed by atoms with van der Waals surface area (Å²) in [6, 6.07) is 3.51. The lowest BCUT2D eigenvalue weighted by molar-refractivity contribution is -0.211. The van der Waals surface area contributed by atoms with Crippen LogP contribution >= 0.6 is 0 Å². The summed E-state index contributed by atoms with van der Waals surface area (Å²) in [5.74, 6) is 0.718. The molecule has 3 rings (SSSR count). The molecule has 2 heterocycles. The lowest BCUT2D eigenvalue weighted by atomic mass is 9.89. The number of nitrogens with two attached hydrogens (primary N) is 1. The van der Waals surface area contributed by atoms with Gasteiger partial charge in [0.05, 0.1) is 5.92 Å². The fourth-order valence-electron chi connectivity index (χ4n) is 4.39. The number of hydrogen-bond acceptors (Lipinski definition) is 5. The maximum absolute atomic E-state index is 14.5. The Kier molecular flexibility index (Phi) is 11.4. The average Bonchev–Trinajstić information content (AvgIpc) is 3.28. The number of fused-ring (bicyclic) bond motifs is 3. The third-order valence-electron chi connectivity index (χ3n) is 7.20. The maximum atomic E-state index is 14.5. The molecule has 39 heavy (non-hydrogen) atoms. The Hall–Kier alpha value is -2.58. The Labute approximate surface area is 231 Å². The van der Waals surface area contributed by atoms with Gasteiger partial charge in [0.1, 0.15) is 11.2 Å². The fraction of sp³-hybridized carbons (Fsp3) is 0.700. The molecule has 0 radical (unpaired) electrons. The van der Waals surface area contributed by atoms with Crippen LogP contribution in [0, 0.1) is 24.7 Å². The summed E-state index contributed by atoms with van der Waals surface area (Å²) in [4.78, 5) is 8.86. The Morgan fingerprint density at radius 1 is 1.03 bits per heavy atom. The first kappa shape index (κ1) is 32.6. The van der Waals surface area contributed by atoms with E-state index in [1.165, 1.54) is 11.4 Å². The summed E-state index contributed by atoms with van der Waals surface area (Å²) in [5, 5.41) is 4.98. The highest BCUT2D eigenvalue weighted by Gasteiger charge is 2.39. The number of hydrogen-bond donors (Lipinski definition) is 1. The molecule has 0 saturated carbocycles. The van der Waals surface area contributed by atoms with E-state index in [-0.39, 0.29) is 17.2 Å². The van der Waals surface area contributed by atoms with Gasteiger partial charge in [-0.05, 0) is 56.6 Å². The Morgan fingerprint density at radius 3 is 2.26 bits per heavy atom. The van der Waals surface area contributed by atoms with E-state index in [4.69, 9.17) is 10.5 Å². The molecule has 3 unspecified atom stereocenters. The molecule has 2 N–H and O–H groups in total. The SMILES string of the molecule is CCC(C)C(F)(F)Oc1c(C)ccc2c1nc(N)n1nc(CC(C)C)nc21.CCCCC(C)(F)CC(C)CC. The van der Waals surface area contributed by atoms with Crippen LogP contribution in [-0.2, 0) is 6.42 Å². The standard InChI is InChI=1S/C19H25F2N5O.C11H23F/c1-6-12(5)19(20,21)27-16-11(4)7-8-13-15(16)24-18(22)26-17(13)23-14(25-26)9-10(2)3;1-5-7-8-11(4,12)9-10(3)6-2/h7-8,10,12H,6,9H2,1-5H3,(H2,22,24);10H,5-9H2,1-4H3. The van der Waals surface area contributed by atoms with Gasteiger partial charge in [-0.3, -0.25) is 0 Å². The first-order chi connectivity index (χ1) is 18.2. The van der Waals surface area contributed by atoms with Gasteiger partial charge < -0.3 is 10.5 Å². The van der Waals surface area contributed by atoms with Crippen LogP contribution in [0.3, 0.4) is 0 Å². The molecule has 220 valence electrons. The number of nitrogen functional groups attached to an aromatic ring is 1. The minimum absolute atomic E-state index is 0.0282. The zero-order valence-electron chi connectivity index (χ0n) is 25.2. The van der Waals surface area contributed by atoms with Crippen molar-refractivity contribution < 1.29 is 17.9 Å². The van der Waals surface area contributed by atoms with E-state index in [9.17, 15) is 13.2 Å². The molecule has 0 fully saturated rings. The molecule has 0 amide bonds. The van der Waals surface area contributed by atoms with Crippen molar-refractivity contribution >= 4 is 22.5 Å². The van der Waals surface area contributed by atoms with Crippen molar-refractivity contribution in [2.24, 2.45) is 17.8 Å². The van der Waals surface area contributed by atoms with Crippen molar-refractivity contribution in [3.8, 4) is 5.75 Å². The largest absolute Gasteiger partial charge is 0.430 e. The van der Waals surface area contributed by atoms with E-state index in [1.807, 2.05) is 0 Å². The van der Waals surface area contributed by atoms with Gasteiger partial charge >= 0.3 is 6.11 Å². The molecular formula is C30H48F3N5O. The monoisotopic (exact) mass is 551 g/mol. The summed E-state index contributed by atoms with van der Waals surface area (Å²) in [7, 11) is 0. The fourth-order valence-corrected chi connectivity index (χ4v) is 4.39. The van der Waals surface area contributed by atoms with E-state index >= 15 is 0 Å². The lowest BCUT2D eigenvalue weighted by Crippen LogP contribution is -2.33. The number of aryl methyl sites for hydroxylation is 1. The Bertz CT molecular complexity index is 1210. The smallest absolute Gasteiger partial charge is 0.400 e. The molecule has 0 aliphatic heterocycles. The van der Waals surface area contributed by atoms with Crippen LogP contribution in [0.5, 0.6) is 5.75 Å². The van der Waals surface area contributed by atoms with Gasteiger partial charge in [-0.2, -0.15) is 13.3 Å². The first-order valence-corrected chi connectivity index (χ1v) is 14.4. The second-order valence-corrected chi connectivity index (χ2v) is 11.6. The predicted octanol–water partition coefficient (Wildman–Crippen LogP) is 8.73. The lowest BCUT2D eigenvalue weighted by Gasteiger charge is -2.24. The third-order valence-corrected chi connectivity index (χ3v) is 7.20. The molecule has 6 nitrogen and oxygen atoms in total. The molecule has 0 saturated heterocycles. The van der Waals surface area contributed by atoms with Gasteiger partial charge in [-0.25, -0.2) is 14.4 Å². The Balaban J connectivity index is 0.000000377. The van der Waals surface area contributed by atoms with E-state index in [0.717, 1.165) is 32.1 Å². The van der Waals surface area contributed by atoms with Crippen molar-refractivity contribution in [2.75, 3.05) is 5.73 Å². The second kappa shape index (κ2) is 13.7. The molecular weight excluding hydrogens is 503 g/mol. The van der Waals surface area contributed by atoms with Crippen molar-refractivity contribution in [2.45, 2.75) is 119 Å². The number of benzene rings is 1.